The molecule has 2 saturated heterocycles. The number of likely N-dealkylation sites (tertiary alicyclic amines) is 1. The summed E-state index contributed by atoms with van der Waals surface area (Å²) in [7, 11) is 0. The maximum atomic E-state index is 14.1. The number of nitrogens with zero attached hydrogens (tertiary/aromatic N) is 2. The first kappa shape index (κ1) is 38.0. The predicted molar refractivity (Wildman–Crippen MR) is 207 cm³/mol. The predicted octanol–water partition coefficient (Wildman–Crippen LogP) is 4.52. The molecule has 0 bridgehead atoms. The van der Waals surface area contributed by atoms with Gasteiger partial charge in [0, 0.05) is 43.8 Å². The highest BCUT2D eigenvalue weighted by Gasteiger charge is 2.41. The number of amides is 3. The van der Waals surface area contributed by atoms with Gasteiger partial charge in [-0.05, 0) is 65.6 Å². The molecule has 2 heterocycles. The van der Waals surface area contributed by atoms with E-state index in [2.05, 4.69) is 5.32 Å². The largest absolute Gasteiger partial charge is 0.484 e. The van der Waals surface area contributed by atoms with E-state index in [-0.39, 0.29) is 55.0 Å². The van der Waals surface area contributed by atoms with Gasteiger partial charge in [-0.3, -0.25) is 19.2 Å². The Morgan fingerprint density at radius 1 is 0.818 bits per heavy atom. The number of carbonyl (C=O) groups excluding carboxylic acids is 4. The molecule has 0 saturated carbocycles. The molecule has 2 aliphatic heterocycles. The number of ketones is 1. The van der Waals surface area contributed by atoms with Crippen molar-refractivity contribution in [3.63, 3.8) is 0 Å². The summed E-state index contributed by atoms with van der Waals surface area (Å²) in [6.45, 7) is 2.04. The van der Waals surface area contributed by atoms with Gasteiger partial charge in [0.25, 0.3) is 5.91 Å². The van der Waals surface area contributed by atoms with Crippen molar-refractivity contribution < 1.29 is 33.8 Å². The number of rotatable bonds is 15. The summed E-state index contributed by atoms with van der Waals surface area (Å²) in [4.78, 5) is 58.1. The fourth-order valence-electron chi connectivity index (χ4n) is 8.19. The zero-order chi connectivity index (χ0) is 38.1. The summed E-state index contributed by atoms with van der Waals surface area (Å²) in [6, 6.07) is 34.0. The van der Waals surface area contributed by atoms with E-state index in [1.54, 1.807) is 9.80 Å². The number of aliphatic hydroxyl groups is 1. The summed E-state index contributed by atoms with van der Waals surface area (Å²) < 4.78 is 11.1. The van der Waals surface area contributed by atoms with Crippen LogP contribution < -0.4 is 10.1 Å². The number of benzene rings is 4. The van der Waals surface area contributed by atoms with Gasteiger partial charge < -0.3 is 29.7 Å². The minimum Gasteiger partial charge on any atom is -0.484 e. The van der Waals surface area contributed by atoms with Crippen LogP contribution in [0.2, 0.25) is 0 Å². The van der Waals surface area contributed by atoms with Gasteiger partial charge in [-0.2, -0.15) is 0 Å². The fourth-order valence-corrected chi connectivity index (χ4v) is 8.19. The average molecular weight is 744 g/mol. The Morgan fingerprint density at radius 3 is 2.20 bits per heavy atom. The highest BCUT2D eigenvalue weighted by atomic mass is 16.5. The second-order valence-electron chi connectivity index (χ2n) is 15.0. The van der Waals surface area contributed by atoms with Gasteiger partial charge >= 0.3 is 0 Å². The van der Waals surface area contributed by atoms with Gasteiger partial charge in [0.05, 0.1) is 31.9 Å². The zero-order valence-electron chi connectivity index (χ0n) is 31.1. The second kappa shape index (κ2) is 17.9. The molecule has 10 heteroatoms. The molecule has 286 valence electrons. The highest BCUT2D eigenvalue weighted by Crippen LogP contribution is 2.33. The number of carbonyl (C=O) groups is 4. The van der Waals surface area contributed by atoms with Gasteiger partial charge in [0.1, 0.15) is 5.75 Å². The molecule has 0 aromatic heterocycles. The lowest BCUT2D eigenvalue weighted by atomic mass is 9.92. The molecule has 4 aromatic rings. The van der Waals surface area contributed by atoms with Crippen LogP contribution in [0, 0.1) is 11.8 Å². The van der Waals surface area contributed by atoms with E-state index in [9.17, 15) is 24.3 Å². The van der Waals surface area contributed by atoms with Crippen molar-refractivity contribution in [3.05, 3.63) is 137 Å². The maximum Gasteiger partial charge on any atom is 0.260 e. The van der Waals surface area contributed by atoms with Crippen molar-refractivity contribution in [1.29, 1.82) is 0 Å². The van der Waals surface area contributed by atoms with Gasteiger partial charge in [-0.25, -0.2) is 0 Å². The minimum atomic E-state index is -0.753. The molecular formula is C45H49N3O7. The highest BCUT2D eigenvalue weighted by molar-refractivity contribution is 5.92. The topological polar surface area (TPSA) is 125 Å². The number of nitrogens with one attached hydrogen (secondary N) is 1. The fraction of sp³-hybridized carbons (Fsp3) is 0.378. The van der Waals surface area contributed by atoms with Crippen LogP contribution in [0.4, 0.5) is 0 Å². The standard InChI is InChI=1S/C45H49N3O7/c49-38(27-35(23-31-9-3-1-4-10-31)44(52)46-43-40-14-8-7-13-34(40)28-41(43)50)29-48-37(26-36(45(48)53)24-32-11-5-2-6-12-32)25-33-15-17-39(18-16-33)55-30-42(51)47-19-21-54-22-20-47/h1-18,35-37,41,43,50H,19-30H2,(H,46,52)/t35-,36+,37+,41-,43?/m1/s1. The smallest absolute Gasteiger partial charge is 0.260 e. The minimum absolute atomic E-state index is 0.0414. The van der Waals surface area contributed by atoms with Gasteiger partial charge in [0.2, 0.25) is 11.8 Å². The molecule has 0 radical (unpaired) electrons. The lowest BCUT2D eigenvalue weighted by molar-refractivity contribution is -0.137. The van der Waals surface area contributed by atoms with Crippen LogP contribution in [-0.4, -0.2) is 90.0 Å². The summed E-state index contributed by atoms with van der Waals surface area (Å²) >= 11 is 0. The first-order valence-electron chi connectivity index (χ1n) is 19.3. The van der Waals surface area contributed by atoms with Crippen LogP contribution >= 0.6 is 0 Å². The molecule has 1 unspecified atom stereocenters. The lowest BCUT2D eigenvalue weighted by Gasteiger charge is -2.27. The van der Waals surface area contributed by atoms with Crippen molar-refractivity contribution >= 4 is 23.5 Å². The number of Topliss-reactive ketones (excluding diaryl/α,β-unsaturated/α-hetero) is 1. The molecule has 5 atom stereocenters. The van der Waals surface area contributed by atoms with Crippen LogP contribution in [-0.2, 0) is 49.6 Å². The maximum absolute atomic E-state index is 14.1. The Balaban J connectivity index is 1.04. The Hall–Kier alpha value is -5.32. The van der Waals surface area contributed by atoms with E-state index in [1.165, 1.54) is 0 Å². The molecule has 7 rings (SSSR count). The summed E-state index contributed by atoms with van der Waals surface area (Å²) in [5.41, 5.74) is 4.87. The number of morpholine rings is 1. The Kier molecular flexibility index (Phi) is 12.3. The number of aliphatic hydroxyl groups excluding tert-OH is 1. The van der Waals surface area contributed by atoms with Crippen LogP contribution in [0.5, 0.6) is 5.75 Å². The Labute approximate surface area is 322 Å². The molecule has 3 amide bonds. The van der Waals surface area contributed by atoms with E-state index < -0.39 is 18.1 Å². The average Bonchev–Trinajstić information content (AvgIpc) is 3.68. The Morgan fingerprint density at radius 2 is 1.47 bits per heavy atom. The molecule has 2 N–H and O–H groups in total. The first-order chi connectivity index (χ1) is 26.8. The van der Waals surface area contributed by atoms with Crippen LogP contribution in [0.15, 0.2) is 109 Å². The lowest BCUT2D eigenvalue weighted by Crippen LogP contribution is -2.43. The molecule has 0 spiro atoms. The van der Waals surface area contributed by atoms with Gasteiger partial charge in [-0.15, -0.1) is 0 Å². The normalized spacial score (nSPS) is 21.2. The molecule has 10 nitrogen and oxygen atoms in total. The zero-order valence-corrected chi connectivity index (χ0v) is 31.1. The van der Waals surface area contributed by atoms with Crippen molar-refractivity contribution in [1.82, 2.24) is 15.1 Å². The number of hydrogen-bond donors (Lipinski definition) is 2. The van der Waals surface area contributed by atoms with Crippen LogP contribution in [0.25, 0.3) is 0 Å². The monoisotopic (exact) mass is 743 g/mol. The molecule has 3 aliphatic rings. The third kappa shape index (κ3) is 9.68. The first-order valence-corrected chi connectivity index (χ1v) is 19.3. The van der Waals surface area contributed by atoms with Crippen molar-refractivity contribution in [3.8, 4) is 5.75 Å². The van der Waals surface area contributed by atoms with Crippen molar-refractivity contribution in [2.24, 2.45) is 11.8 Å². The molecule has 55 heavy (non-hydrogen) atoms. The molecule has 1 aliphatic carbocycles. The molecule has 4 aromatic carbocycles. The third-order valence-electron chi connectivity index (χ3n) is 11.1. The third-order valence-corrected chi connectivity index (χ3v) is 11.1. The van der Waals surface area contributed by atoms with E-state index in [4.69, 9.17) is 9.47 Å². The van der Waals surface area contributed by atoms with E-state index in [1.807, 2.05) is 109 Å². The second-order valence-corrected chi connectivity index (χ2v) is 15.0. The van der Waals surface area contributed by atoms with E-state index in [0.717, 1.165) is 27.8 Å². The number of fused-ring (bicyclic) bond motifs is 1. The van der Waals surface area contributed by atoms with Crippen molar-refractivity contribution in [2.45, 2.75) is 56.7 Å². The number of ether oxygens (including phenoxy) is 2. The van der Waals surface area contributed by atoms with E-state index in [0.29, 0.717) is 64.2 Å². The Bertz CT molecular complexity index is 1930. The number of hydrogen-bond acceptors (Lipinski definition) is 7. The SMILES string of the molecule is O=C(C[C@@H](Cc1ccccc1)C(=O)NC1c2ccccc2C[C@H]1O)CN1C(=O)[C@@H](Cc2ccccc2)C[C@@H]1Cc1ccc(OCC(=O)N2CCOCC2)cc1. The quantitative estimate of drug-likeness (QED) is 0.184. The van der Waals surface area contributed by atoms with Crippen LogP contribution in [0.3, 0.4) is 0 Å². The summed E-state index contributed by atoms with van der Waals surface area (Å²) in [5, 5.41) is 13.9. The van der Waals surface area contributed by atoms with Gasteiger partial charge in [-0.1, -0.05) is 97.1 Å². The van der Waals surface area contributed by atoms with E-state index >= 15 is 0 Å². The summed E-state index contributed by atoms with van der Waals surface area (Å²) in [6.07, 6.45) is 1.73. The van der Waals surface area contributed by atoms with Gasteiger partial charge in [0.15, 0.2) is 12.4 Å². The van der Waals surface area contributed by atoms with Crippen LogP contribution in [0.1, 0.15) is 46.7 Å². The van der Waals surface area contributed by atoms with Crippen molar-refractivity contribution in [2.75, 3.05) is 39.5 Å². The molecular weight excluding hydrogens is 695 g/mol. The molecule has 2 fully saturated rings. The summed E-state index contributed by atoms with van der Waals surface area (Å²) in [5.74, 6) is -0.993.